The first-order valence-electron chi connectivity index (χ1n) is 6.30. The molecule has 0 heterocycles. The summed E-state index contributed by atoms with van der Waals surface area (Å²) < 4.78 is 10.5. The number of hydrogen-bond donors (Lipinski definition) is 2. The largest absolute Gasteiger partial charge is 0.459 e. The highest BCUT2D eigenvalue weighted by Gasteiger charge is 2.20. The molecular weight excluding hydrogens is 248 g/mol. The lowest BCUT2D eigenvalue weighted by molar-refractivity contribution is -0.154. The normalized spacial score (nSPS) is 13.8. The van der Waals surface area contributed by atoms with Gasteiger partial charge in [0.15, 0.2) is 0 Å². The Balaban J connectivity index is 4.01. The number of ether oxygens (including phenoxy) is 2. The molecule has 0 bridgehead atoms. The van der Waals surface area contributed by atoms with Crippen molar-refractivity contribution in [1.29, 1.82) is 0 Å². The fourth-order valence-electron chi connectivity index (χ4n) is 1.08. The van der Waals surface area contributed by atoms with Gasteiger partial charge in [-0.2, -0.15) is 0 Å². The molecule has 0 saturated carbocycles. The van der Waals surface area contributed by atoms with E-state index in [2.05, 4.69) is 5.32 Å². The summed E-state index contributed by atoms with van der Waals surface area (Å²) in [5.41, 5.74) is 4.72. The van der Waals surface area contributed by atoms with Crippen LogP contribution in [0.25, 0.3) is 0 Å². The van der Waals surface area contributed by atoms with E-state index in [1.807, 2.05) is 20.8 Å². The lowest BCUT2D eigenvalue weighted by atomic mass is 10.2. The number of amides is 1. The molecule has 0 aromatic heterocycles. The maximum atomic E-state index is 11.6. The Hall–Kier alpha value is -1.14. The van der Waals surface area contributed by atoms with Crippen molar-refractivity contribution in [3.8, 4) is 0 Å². The van der Waals surface area contributed by atoms with Crippen LogP contribution in [-0.4, -0.2) is 42.3 Å². The predicted molar refractivity (Wildman–Crippen MR) is 72.5 cm³/mol. The van der Waals surface area contributed by atoms with Gasteiger partial charge in [-0.15, -0.1) is 0 Å². The molecule has 0 aliphatic carbocycles. The molecule has 0 aromatic rings. The van der Waals surface area contributed by atoms with Gasteiger partial charge in [0.25, 0.3) is 0 Å². The number of hydrogen-bond acceptors (Lipinski definition) is 5. The van der Waals surface area contributed by atoms with E-state index in [-0.39, 0.29) is 18.8 Å². The Morgan fingerprint density at radius 1 is 1.11 bits per heavy atom. The number of carbonyl (C=O) groups excluding carboxylic acids is 2. The van der Waals surface area contributed by atoms with Crippen LogP contribution in [0.1, 0.15) is 41.5 Å². The average Bonchev–Trinajstić information content (AvgIpc) is 2.19. The molecule has 19 heavy (non-hydrogen) atoms. The predicted octanol–water partition coefficient (Wildman–Crippen LogP) is 0.587. The van der Waals surface area contributed by atoms with Gasteiger partial charge in [-0.1, -0.05) is 0 Å². The van der Waals surface area contributed by atoms with Gasteiger partial charge in [0.05, 0.1) is 12.2 Å². The molecule has 1 amide bonds. The lowest BCUT2D eigenvalue weighted by Gasteiger charge is -2.22. The van der Waals surface area contributed by atoms with Crippen LogP contribution in [0.3, 0.4) is 0 Å². The minimum atomic E-state index is -0.804. The summed E-state index contributed by atoms with van der Waals surface area (Å²) in [6.45, 7) is 10.8. The molecular formula is C13H26N2O4. The van der Waals surface area contributed by atoms with E-state index in [9.17, 15) is 9.59 Å². The van der Waals surface area contributed by atoms with E-state index in [1.54, 1.807) is 20.8 Å². The second-order valence-corrected chi connectivity index (χ2v) is 6.33. The molecule has 0 unspecified atom stereocenters. The second-order valence-electron chi connectivity index (χ2n) is 6.33. The van der Waals surface area contributed by atoms with E-state index in [1.165, 1.54) is 0 Å². The molecule has 0 saturated heterocycles. The zero-order chi connectivity index (χ0) is 15.3. The van der Waals surface area contributed by atoms with Crippen LogP contribution in [-0.2, 0) is 19.1 Å². The molecule has 1 atom stereocenters. The van der Waals surface area contributed by atoms with E-state index in [0.717, 1.165) is 0 Å². The Morgan fingerprint density at radius 3 is 2.05 bits per heavy atom. The van der Waals surface area contributed by atoms with Crippen molar-refractivity contribution >= 4 is 11.9 Å². The minimum Gasteiger partial charge on any atom is -0.459 e. The first-order chi connectivity index (χ1) is 8.41. The summed E-state index contributed by atoms with van der Waals surface area (Å²) in [4.78, 5) is 23.0. The third-order valence-corrected chi connectivity index (χ3v) is 1.86. The fourth-order valence-corrected chi connectivity index (χ4v) is 1.08. The Bertz CT molecular complexity index is 316. The molecule has 3 N–H and O–H groups in total. The van der Waals surface area contributed by atoms with E-state index < -0.39 is 23.5 Å². The summed E-state index contributed by atoms with van der Waals surface area (Å²) in [6.07, 6.45) is 0. The van der Waals surface area contributed by atoms with Crippen LogP contribution in [0.2, 0.25) is 0 Å². The molecule has 0 aromatic carbocycles. The van der Waals surface area contributed by atoms with Crippen LogP contribution in [0.5, 0.6) is 0 Å². The zero-order valence-electron chi connectivity index (χ0n) is 12.7. The van der Waals surface area contributed by atoms with Gasteiger partial charge in [0.2, 0.25) is 5.91 Å². The van der Waals surface area contributed by atoms with Crippen LogP contribution < -0.4 is 11.1 Å². The highest BCUT2D eigenvalue weighted by molar-refractivity contribution is 5.85. The highest BCUT2D eigenvalue weighted by atomic mass is 16.6. The van der Waals surface area contributed by atoms with E-state index >= 15 is 0 Å². The zero-order valence-corrected chi connectivity index (χ0v) is 12.7. The van der Waals surface area contributed by atoms with Crippen molar-refractivity contribution in [3.63, 3.8) is 0 Å². The third-order valence-electron chi connectivity index (χ3n) is 1.86. The SMILES string of the molecule is CC(C)(C)OC[C@H](N)C(=O)NCC(=O)OC(C)(C)C. The summed E-state index contributed by atoms with van der Waals surface area (Å²) in [7, 11) is 0. The summed E-state index contributed by atoms with van der Waals surface area (Å²) in [6, 6.07) is -0.804. The number of rotatable bonds is 5. The van der Waals surface area contributed by atoms with Crippen molar-refractivity contribution in [3.05, 3.63) is 0 Å². The van der Waals surface area contributed by atoms with Gasteiger partial charge in [-0.05, 0) is 41.5 Å². The standard InChI is InChI=1S/C13H26N2O4/c1-12(2,3)18-8-9(14)11(17)15-7-10(16)19-13(4,5)6/h9H,7-8,14H2,1-6H3,(H,15,17)/t9-/m0/s1. The van der Waals surface area contributed by atoms with Gasteiger partial charge in [-0.3, -0.25) is 9.59 Å². The van der Waals surface area contributed by atoms with Crippen molar-refractivity contribution in [2.24, 2.45) is 5.73 Å². The van der Waals surface area contributed by atoms with Crippen molar-refractivity contribution in [2.75, 3.05) is 13.2 Å². The highest BCUT2D eigenvalue weighted by Crippen LogP contribution is 2.07. The smallest absolute Gasteiger partial charge is 0.325 e. The summed E-state index contributed by atoms with van der Waals surface area (Å²) >= 11 is 0. The number of carbonyl (C=O) groups is 2. The number of nitrogens with two attached hydrogens (primary N) is 1. The second kappa shape index (κ2) is 6.86. The first kappa shape index (κ1) is 17.9. The molecule has 0 spiro atoms. The quantitative estimate of drug-likeness (QED) is 0.716. The topological polar surface area (TPSA) is 90.6 Å². The van der Waals surface area contributed by atoms with Gasteiger partial charge < -0.3 is 20.5 Å². The Kier molecular flexibility index (Phi) is 6.45. The number of nitrogens with one attached hydrogen (secondary N) is 1. The fraction of sp³-hybridized carbons (Fsp3) is 0.846. The molecule has 0 aliphatic heterocycles. The molecule has 0 fully saturated rings. The van der Waals surface area contributed by atoms with Gasteiger partial charge >= 0.3 is 5.97 Å². The minimum absolute atomic E-state index is 0.101. The molecule has 6 nitrogen and oxygen atoms in total. The number of esters is 1. The molecule has 0 radical (unpaired) electrons. The molecule has 0 rings (SSSR count). The van der Waals surface area contributed by atoms with E-state index in [4.69, 9.17) is 15.2 Å². The van der Waals surface area contributed by atoms with Crippen LogP contribution in [0, 0.1) is 0 Å². The van der Waals surface area contributed by atoms with Crippen LogP contribution in [0.15, 0.2) is 0 Å². The van der Waals surface area contributed by atoms with Crippen molar-refractivity contribution in [2.45, 2.75) is 58.8 Å². The van der Waals surface area contributed by atoms with E-state index in [0.29, 0.717) is 0 Å². The maximum absolute atomic E-state index is 11.6. The lowest BCUT2D eigenvalue weighted by Crippen LogP contribution is -2.47. The molecule has 112 valence electrons. The van der Waals surface area contributed by atoms with Crippen LogP contribution in [0.4, 0.5) is 0 Å². The summed E-state index contributed by atoms with van der Waals surface area (Å²) in [5, 5.41) is 2.42. The van der Waals surface area contributed by atoms with Gasteiger partial charge in [0.1, 0.15) is 18.2 Å². The van der Waals surface area contributed by atoms with Crippen molar-refractivity contribution < 1.29 is 19.1 Å². The van der Waals surface area contributed by atoms with Crippen molar-refractivity contribution in [1.82, 2.24) is 5.32 Å². The third kappa shape index (κ3) is 10.5. The van der Waals surface area contributed by atoms with Gasteiger partial charge in [-0.25, -0.2) is 0 Å². The molecule has 6 heteroatoms. The first-order valence-corrected chi connectivity index (χ1v) is 6.30. The maximum Gasteiger partial charge on any atom is 0.325 e. The monoisotopic (exact) mass is 274 g/mol. The Morgan fingerprint density at radius 2 is 1.63 bits per heavy atom. The Labute approximate surface area is 115 Å². The van der Waals surface area contributed by atoms with Crippen LogP contribution >= 0.6 is 0 Å². The summed E-state index contributed by atoms with van der Waals surface area (Å²) in [5.74, 6) is -0.931. The molecule has 0 aliphatic rings. The average molecular weight is 274 g/mol. The van der Waals surface area contributed by atoms with Gasteiger partial charge in [0, 0.05) is 0 Å².